The summed E-state index contributed by atoms with van der Waals surface area (Å²) in [5, 5.41) is 10.7. The molecule has 0 atom stereocenters. The van der Waals surface area contributed by atoms with Crippen molar-refractivity contribution in [2.24, 2.45) is 0 Å². The van der Waals surface area contributed by atoms with Crippen molar-refractivity contribution in [2.75, 3.05) is 22.4 Å². The van der Waals surface area contributed by atoms with E-state index in [1.807, 2.05) is 12.1 Å². The average molecular weight is 414 g/mol. The molecule has 152 valence electrons. The van der Waals surface area contributed by atoms with Crippen molar-refractivity contribution in [1.82, 2.24) is 0 Å². The van der Waals surface area contributed by atoms with E-state index in [1.165, 1.54) is 6.07 Å². The predicted molar refractivity (Wildman–Crippen MR) is 113 cm³/mol. The molecule has 7 nitrogen and oxygen atoms in total. The van der Waals surface area contributed by atoms with Gasteiger partial charge < -0.3 is 14.4 Å². The fourth-order valence-corrected chi connectivity index (χ4v) is 4.50. The Morgan fingerprint density at radius 2 is 2.03 bits per heavy atom. The van der Waals surface area contributed by atoms with Gasteiger partial charge in [0, 0.05) is 35.8 Å². The number of sulfonamides is 1. The lowest BCUT2D eigenvalue weighted by molar-refractivity contribution is 0.468. The zero-order chi connectivity index (χ0) is 20.8. The molecular weight excluding hydrogens is 392 g/mol. The first-order chi connectivity index (χ1) is 13.7. The maximum atomic E-state index is 12.1. The van der Waals surface area contributed by atoms with Gasteiger partial charge in [0.05, 0.1) is 11.9 Å². The van der Waals surface area contributed by atoms with E-state index in [0.29, 0.717) is 23.4 Å². The topological polar surface area (TPSA) is 99.9 Å². The highest BCUT2D eigenvalue weighted by atomic mass is 32.2. The molecule has 4 rings (SSSR count). The van der Waals surface area contributed by atoms with E-state index in [1.54, 1.807) is 25.1 Å². The minimum absolute atomic E-state index is 0.0811. The standard InChI is InChI=1S/C21H22N2O5S/c1-13-19(24)9-8-15-14(11-20(25)28-21(13)15)12-23-10-4-5-16-17(22-29(2,26)27)6-3-7-18(16)23/h3,6-9,11,22,24H,4-5,10,12H2,1-2H3. The van der Waals surface area contributed by atoms with Gasteiger partial charge in [-0.2, -0.15) is 0 Å². The Hall–Kier alpha value is -3.00. The van der Waals surface area contributed by atoms with Crippen molar-refractivity contribution >= 4 is 32.4 Å². The van der Waals surface area contributed by atoms with Gasteiger partial charge in [0.1, 0.15) is 11.3 Å². The Bertz CT molecular complexity index is 1260. The highest BCUT2D eigenvalue weighted by molar-refractivity contribution is 7.92. The fraction of sp³-hybridized carbons (Fsp3) is 0.286. The lowest BCUT2D eigenvalue weighted by Crippen LogP contribution is -2.30. The van der Waals surface area contributed by atoms with Crippen LogP contribution >= 0.6 is 0 Å². The SMILES string of the molecule is Cc1c(O)ccc2c(CN3CCCc4c(NS(C)(=O)=O)cccc43)cc(=O)oc12. The number of anilines is 2. The molecule has 2 heterocycles. The number of nitrogens with one attached hydrogen (secondary N) is 1. The molecule has 2 N–H and O–H groups in total. The van der Waals surface area contributed by atoms with Crippen LogP contribution in [0.5, 0.6) is 5.75 Å². The van der Waals surface area contributed by atoms with Crippen molar-refractivity contribution in [3.63, 3.8) is 0 Å². The number of phenols is 1. The van der Waals surface area contributed by atoms with E-state index < -0.39 is 15.6 Å². The summed E-state index contributed by atoms with van der Waals surface area (Å²) in [5.74, 6) is 0.0811. The maximum Gasteiger partial charge on any atom is 0.336 e. The average Bonchev–Trinajstić information content (AvgIpc) is 2.64. The van der Waals surface area contributed by atoms with Crippen LogP contribution in [-0.2, 0) is 23.0 Å². The molecule has 0 amide bonds. The Kier molecular flexibility index (Phi) is 4.74. The first-order valence-electron chi connectivity index (χ1n) is 9.33. The van der Waals surface area contributed by atoms with Gasteiger partial charge in [0.2, 0.25) is 10.0 Å². The summed E-state index contributed by atoms with van der Waals surface area (Å²) in [4.78, 5) is 14.3. The van der Waals surface area contributed by atoms with Gasteiger partial charge in [-0.1, -0.05) is 6.07 Å². The van der Waals surface area contributed by atoms with Crippen LogP contribution in [-0.4, -0.2) is 26.3 Å². The number of hydrogen-bond donors (Lipinski definition) is 2. The Balaban J connectivity index is 1.77. The van der Waals surface area contributed by atoms with E-state index in [9.17, 15) is 18.3 Å². The summed E-state index contributed by atoms with van der Waals surface area (Å²) in [7, 11) is -3.38. The van der Waals surface area contributed by atoms with Gasteiger partial charge in [-0.15, -0.1) is 0 Å². The minimum atomic E-state index is -3.38. The third-order valence-electron chi connectivity index (χ3n) is 5.22. The number of rotatable bonds is 4. The summed E-state index contributed by atoms with van der Waals surface area (Å²) < 4.78 is 31.4. The monoisotopic (exact) mass is 414 g/mol. The highest BCUT2D eigenvalue weighted by Gasteiger charge is 2.22. The van der Waals surface area contributed by atoms with Crippen LogP contribution in [0.3, 0.4) is 0 Å². The molecule has 0 radical (unpaired) electrons. The molecule has 1 aliphatic heterocycles. The molecule has 8 heteroatoms. The summed E-state index contributed by atoms with van der Waals surface area (Å²) in [6.07, 6.45) is 2.78. The van der Waals surface area contributed by atoms with Crippen molar-refractivity contribution in [1.29, 1.82) is 0 Å². The second-order valence-electron chi connectivity index (χ2n) is 7.38. The quantitative estimate of drug-likeness (QED) is 0.637. The lowest BCUT2D eigenvalue weighted by Gasteiger charge is -2.32. The number of aryl methyl sites for hydroxylation is 1. The van der Waals surface area contributed by atoms with Crippen molar-refractivity contribution in [2.45, 2.75) is 26.3 Å². The second-order valence-corrected chi connectivity index (χ2v) is 9.13. The van der Waals surface area contributed by atoms with Crippen molar-refractivity contribution in [3.8, 4) is 5.75 Å². The van der Waals surface area contributed by atoms with Gasteiger partial charge in [-0.3, -0.25) is 4.72 Å². The first-order valence-corrected chi connectivity index (χ1v) is 11.2. The molecule has 3 aromatic rings. The first kappa shape index (κ1) is 19.3. The molecule has 2 aromatic carbocycles. The van der Waals surface area contributed by atoms with Gasteiger partial charge in [0.25, 0.3) is 0 Å². The number of benzene rings is 2. The van der Waals surface area contributed by atoms with Crippen LogP contribution < -0.4 is 15.2 Å². The van der Waals surface area contributed by atoms with Crippen molar-refractivity contribution < 1.29 is 17.9 Å². The Labute approximate surface area is 168 Å². The summed E-state index contributed by atoms with van der Waals surface area (Å²) in [6.45, 7) is 2.97. The highest BCUT2D eigenvalue weighted by Crippen LogP contribution is 2.35. The van der Waals surface area contributed by atoms with Gasteiger partial charge in [-0.05, 0) is 55.2 Å². The Morgan fingerprint density at radius 3 is 2.79 bits per heavy atom. The van der Waals surface area contributed by atoms with E-state index in [4.69, 9.17) is 4.42 Å². The molecule has 1 aliphatic rings. The summed E-state index contributed by atoms with van der Waals surface area (Å²) in [6, 6.07) is 10.4. The van der Waals surface area contributed by atoms with Gasteiger partial charge in [-0.25, -0.2) is 13.2 Å². The van der Waals surface area contributed by atoms with Crippen LogP contribution in [0.15, 0.2) is 45.6 Å². The molecule has 0 saturated carbocycles. The summed E-state index contributed by atoms with van der Waals surface area (Å²) >= 11 is 0. The smallest absolute Gasteiger partial charge is 0.336 e. The maximum absolute atomic E-state index is 12.1. The summed E-state index contributed by atoms with van der Waals surface area (Å²) in [5.41, 5.74) is 3.73. The molecule has 29 heavy (non-hydrogen) atoms. The molecule has 0 fully saturated rings. The zero-order valence-corrected chi connectivity index (χ0v) is 17.0. The number of aromatic hydroxyl groups is 1. The third kappa shape index (κ3) is 3.80. The van der Waals surface area contributed by atoms with Crippen molar-refractivity contribution in [3.05, 3.63) is 63.5 Å². The molecular formula is C21H22N2O5S. The van der Waals surface area contributed by atoms with Crippen LogP contribution in [0.25, 0.3) is 11.0 Å². The van der Waals surface area contributed by atoms with Crippen LogP contribution in [0.4, 0.5) is 11.4 Å². The number of fused-ring (bicyclic) bond motifs is 2. The largest absolute Gasteiger partial charge is 0.508 e. The fourth-order valence-electron chi connectivity index (χ4n) is 3.91. The van der Waals surface area contributed by atoms with E-state index in [-0.39, 0.29) is 5.75 Å². The van der Waals surface area contributed by atoms with E-state index in [2.05, 4.69) is 9.62 Å². The zero-order valence-electron chi connectivity index (χ0n) is 16.2. The van der Waals surface area contributed by atoms with Gasteiger partial charge >= 0.3 is 5.63 Å². The van der Waals surface area contributed by atoms with Crippen LogP contribution in [0.1, 0.15) is 23.1 Å². The Morgan fingerprint density at radius 1 is 1.24 bits per heavy atom. The van der Waals surface area contributed by atoms with Gasteiger partial charge in [0.15, 0.2) is 0 Å². The predicted octanol–water partition coefficient (Wildman–Crippen LogP) is 3.13. The van der Waals surface area contributed by atoms with Crippen LogP contribution in [0.2, 0.25) is 0 Å². The molecule has 0 unspecified atom stereocenters. The minimum Gasteiger partial charge on any atom is -0.508 e. The number of phenolic OH excluding ortho intramolecular Hbond substituents is 1. The lowest BCUT2D eigenvalue weighted by atomic mass is 9.98. The van der Waals surface area contributed by atoms with E-state index in [0.717, 1.165) is 47.8 Å². The normalized spacial score (nSPS) is 14.1. The molecule has 0 spiro atoms. The molecule has 0 bridgehead atoms. The molecule has 0 aliphatic carbocycles. The second kappa shape index (κ2) is 7.11. The van der Waals surface area contributed by atoms with Crippen LogP contribution in [0, 0.1) is 6.92 Å². The molecule has 1 aromatic heterocycles. The third-order valence-corrected chi connectivity index (χ3v) is 5.81. The molecule has 0 saturated heterocycles. The van der Waals surface area contributed by atoms with E-state index >= 15 is 0 Å². The number of hydrogen-bond acceptors (Lipinski definition) is 6. The number of nitrogens with zero attached hydrogens (tertiary/aromatic N) is 1.